The van der Waals surface area contributed by atoms with Crippen LogP contribution in [0.2, 0.25) is 0 Å². The van der Waals surface area contributed by atoms with Gasteiger partial charge in [-0.15, -0.1) is 11.3 Å². The molecular weight excluding hydrogens is 200 g/mol. The van der Waals surface area contributed by atoms with E-state index in [9.17, 15) is 5.11 Å². The number of thiophene rings is 1. The molecule has 1 aromatic carbocycles. The average molecular weight is 208 g/mol. The number of hydrogen-bond acceptors (Lipinski definition) is 2. The van der Waals surface area contributed by atoms with Gasteiger partial charge in [-0.05, 0) is 41.5 Å². The van der Waals surface area contributed by atoms with Gasteiger partial charge in [-0.2, -0.15) is 0 Å². The molecule has 2 aromatic rings. The summed E-state index contributed by atoms with van der Waals surface area (Å²) in [6, 6.07) is 5.81. The first-order valence-corrected chi connectivity index (χ1v) is 5.19. The number of benzene rings is 1. The Hall–Kier alpha value is -0.930. The number of thiocarbonyl (C=S) groups is 1. The van der Waals surface area contributed by atoms with E-state index in [0.29, 0.717) is 0 Å². The molecule has 0 aliphatic carbocycles. The molecule has 2 rings (SSSR count). The third-order valence-electron chi connectivity index (χ3n) is 2.02. The molecule has 66 valence electrons. The predicted molar refractivity (Wildman–Crippen MR) is 60.9 cm³/mol. The molecule has 0 amide bonds. The number of aliphatic hydroxyl groups is 1. The summed E-state index contributed by atoms with van der Waals surface area (Å²) in [6.07, 6.45) is 0. The zero-order valence-electron chi connectivity index (χ0n) is 7.07. The van der Waals surface area contributed by atoms with Crippen LogP contribution < -0.4 is 0 Å². The van der Waals surface area contributed by atoms with Crippen LogP contribution in [-0.2, 0) is 0 Å². The second kappa shape index (κ2) is 3.09. The maximum atomic E-state index is 9.27. The van der Waals surface area contributed by atoms with Crippen molar-refractivity contribution in [2.45, 2.75) is 6.92 Å². The monoisotopic (exact) mass is 208 g/mol. The minimum Gasteiger partial charge on any atom is -0.498 e. The quantitative estimate of drug-likeness (QED) is 0.724. The lowest BCUT2D eigenvalue weighted by Gasteiger charge is -1.98. The summed E-state index contributed by atoms with van der Waals surface area (Å²) in [6.45, 7) is 2.06. The van der Waals surface area contributed by atoms with E-state index >= 15 is 0 Å². The summed E-state index contributed by atoms with van der Waals surface area (Å²) in [5.41, 5.74) is 2.00. The van der Waals surface area contributed by atoms with Crippen LogP contribution in [0.25, 0.3) is 10.1 Å². The fraction of sp³-hybridized carbons (Fsp3) is 0.100. The Labute approximate surface area is 85.6 Å². The Kier molecular flexibility index (Phi) is 2.06. The molecule has 0 spiro atoms. The fourth-order valence-electron chi connectivity index (χ4n) is 1.35. The van der Waals surface area contributed by atoms with Gasteiger partial charge in [0.05, 0.1) is 0 Å². The Bertz CT molecular complexity index is 471. The first kappa shape index (κ1) is 8.66. The Morgan fingerprint density at radius 1 is 1.46 bits per heavy atom. The van der Waals surface area contributed by atoms with Crippen molar-refractivity contribution in [1.82, 2.24) is 0 Å². The summed E-state index contributed by atoms with van der Waals surface area (Å²) < 4.78 is 1.08. The number of hydrogen-bond donors (Lipinski definition) is 1. The van der Waals surface area contributed by atoms with E-state index < -0.39 is 0 Å². The second-order valence-corrected chi connectivity index (χ2v) is 4.17. The molecule has 0 atom stereocenters. The van der Waals surface area contributed by atoms with Crippen molar-refractivity contribution in [3.8, 4) is 0 Å². The van der Waals surface area contributed by atoms with E-state index in [0.717, 1.165) is 10.3 Å². The van der Waals surface area contributed by atoms with Crippen LogP contribution in [-0.4, -0.2) is 10.2 Å². The van der Waals surface area contributed by atoms with E-state index in [1.54, 1.807) is 11.3 Å². The van der Waals surface area contributed by atoms with Crippen molar-refractivity contribution in [1.29, 1.82) is 0 Å². The summed E-state index contributed by atoms with van der Waals surface area (Å²) >= 11 is 6.38. The van der Waals surface area contributed by atoms with Crippen LogP contribution >= 0.6 is 23.6 Å². The van der Waals surface area contributed by atoms with Crippen LogP contribution in [0.4, 0.5) is 0 Å². The smallest absolute Gasteiger partial charge is 0.190 e. The van der Waals surface area contributed by atoms with Gasteiger partial charge in [0.2, 0.25) is 0 Å². The summed E-state index contributed by atoms with van der Waals surface area (Å²) in [5.74, 6) is 0. The molecule has 0 aliphatic rings. The molecule has 1 heterocycles. The molecule has 0 unspecified atom stereocenters. The normalized spacial score (nSPS) is 10.5. The largest absolute Gasteiger partial charge is 0.498 e. The zero-order valence-corrected chi connectivity index (χ0v) is 8.71. The second-order valence-electron chi connectivity index (χ2n) is 2.91. The van der Waals surface area contributed by atoms with Gasteiger partial charge in [-0.25, -0.2) is 0 Å². The lowest BCUT2D eigenvalue weighted by atomic mass is 10.1. The van der Waals surface area contributed by atoms with Crippen molar-refractivity contribution in [2.75, 3.05) is 0 Å². The third-order valence-corrected chi connectivity index (χ3v) is 3.39. The first-order chi connectivity index (χ1) is 6.20. The Balaban J connectivity index is 2.84. The molecule has 0 radical (unpaired) electrons. The minimum atomic E-state index is -0.0209. The average Bonchev–Trinajstić information content (AvgIpc) is 2.48. The maximum Gasteiger partial charge on any atom is 0.190 e. The van der Waals surface area contributed by atoms with Gasteiger partial charge in [0.25, 0.3) is 0 Å². The van der Waals surface area contributed by atoms with Gasteiger partial charge in [0.15, 0.2) is 5.05 Å². The number of fused-ring (bicyclic) bond motifs is 1. The topological polar surface area (TPSA) is 20.2 Å². The van der Waals surface area contributed by atoms with Crippen molar-refractivity contribution in [3.63, 3.8) is 0 Å². The van der Waals surface area contributed by atoms with Crippen LogP contribution in [0.1, 0.15) is 11.1 Å². The van der Waals surface area contributed by atoms with Crippen LogP contribution in [0, 0.1) is 6.92 Å². The highest BCUT2D eigenvalue weighted by atomic mass is 32.1. The van der Waals surface area contributed by atoms with E-state index in [4.69, 9.17) is 12.2 Å². The molecule has 1 N–H and O–H groups in total. The molecule has 13 heavy (non-hydrogen) atoms. The van der Waals surface area contributed by atoms with E-state index in [2.05, 4.69) is 12.3 Å². The van der Waals surface area contributed by atoms with Gasteiger partial charge in [0, 0.05) is 10.3 Å². The maximum absolute atomic E-state index is 9.27. The highest BCUT2D eigenvalue weighted by Gasteiger charge is 2.07. The Morgan fingerprint density at radius 2 is 2.23 bits per heavy atom. The molecule has 1 aromatic heterocycles. The van der Waals surface area contributed by atoms with Crippen molar-refractivity contribution in [3.05, 3.63) is 34.7 Å². The predicted octanol–water partition coefficient (Wildman–Crippen LogP) is 3.44. The van der Waals surface area contributed by atoms with Crippen LogP contribution in [0.5, 0.6) is 0 Å². The molecule has 0 bridgehead atoms. The molecular formula is C10H8OS2. The van der Waals surface area contributed by atoms with Gasteiger partial charge < -0.3 is 5.11 Å². The SMILES string of the molecule is Cc1csc2c(C(O)=S)cccc12. The van der Waals surface area contributed by atoms with Crippen molar-refractivity contribution >= 4 is 38.7 Å². The standard InChI is InChI=1S/C10H8OS2/c1-6-5-13-9-7(6)3-2-4-8(9)10(11)12/h2-5H,1H3,(H,11,12). The summed E-state index contributed by atoms with van der Waals surface area (Å²) in [5, 5.41) is 12.5. The summed E-state index contributed by atoms with van der Waals surface area (Å²) in [7, 11) is 0. The van der Waals surface area contributed by atoms with E-state index in [1.807, 2.05) is 18.2 Å². The van der Waals surface area contributed by atoms with Crippen LogP contribution in [0.3, 0.4) is 0 Å². The highest BCUT2D eigenvalue weighted by molar-refractivity contribution is 7.80. The minimum absolute atomic E-state index is 0.0209. The number of aliphatic hydroxyl groups excluding tert-OH is 1. The lowest BCUT2D eigenvalue weighted by molar-refractivity contribution is 0.572. The molecule has 0 fully saturated rings. The van der Waals surface area contributed by atoms with Gasteiger partial charge in [0.1, 0.15) is 0 Å². The molecule has 0 saturated heterocycles. The van der Waals surface area contributed by atoms with E-state index in [-0.39, 0.29) is 5.05 Å². The van der Waals surface area contributed by atoms with Crippen LogP contribution in [0.15, 0.2) is 23.6 Å². The molecule has 0 aliphatic heterocycles. The van der Waals surface area contributed by atoms with Gasteiger partial charge in [-0.1, -0.05) is 12.1 Å². The number of aryl methyl sites for hydroxylation is 1. The third kappa shape index (κ3) is 1.34. The van der Waals surface area contributed by atoms with E-state index in [1.165, 1.54) is 10.9 Å². The Morgan fingerprint density at radius 3 is 2.92 bits per heavy atom. The highest BCUT2D eigenvalue weighted by Crippen LogP contribution is 2.28. The van der Waals surface area contributed by atoms with Crippen molar-refractivity contribution in [2.24, 2.45) is 0 Å². The van der Waals surface area contributed by atoms with Gasteiger partial charge in [-0.3, -0.25) is 0 Å². The summed E-state index contributed by atoms with van der Waals surface area (Å²) in [4.78, 5) is 0. The molecule has 1 nitrogen and oxygen atoms in total. The first-order valence-electron chi connectivity index (χ1n) is 3.90. The zero-order chi connectivity index (χ0) is 9.42. The molecule has 3 heteroatoms. The van der Waals surface area contributed by atoms with Crippen molar-refractivity contribution < 1.29 is 5.11 Å². The number of rotatable bonds is 1. The fourth-order valence-corrected chi connectivity index (χ4v) is 2.66. The lowest BCUT2D eigenvalue weighted by Crippen LogP contribution is -1.93. The molecule has 0 saturated carbocycles. The van der Waals surface area contributed by atoms with Gasteiger partial charge >= 0.3 is 0 Å².